The fourth-order valence-electron chi connectivity index (χ4n) is 3.07. The fraction of sp³-hybridized carbons (Fsp3) is 0.588. The van der Waals surface area contributed by atoms with Gasteiger partial charge in [-0.05, 0) is 19.4 Å². The Labute approximate surface area is 142 Å². The molecule has 2 aromatic heterocycles. The van der Waals surface area contributed by atoms with Crippen LogP contribution in [0.25, 0.3) is 0 Å². The number of ether oxygens (including phenoxy) is 2. The summed E-state index contributed by atoms with van der Waals surface area (Å²) in [5.74, 6) is 3.08. The molecule has 0 N–H and O–H groups in total. The Hall–Kier alpha value is -2.15. The molecule has 1 atom stereocenters. The van der Waals surface area contributed by atoms with E-state index in [4.69, 9.17) is 14.0 Å². The van der Waals surface area contributed by atoms with E-state index in [1.165, 1.54) is 0 Å². The number of likely N-dealkylation sites (tertiary alicyclic amines) is 1. The highest BCUT2D eigenvalue weighted by Gasteiger charge is 2.32. The first-order valence-electron chi connectivity index (χ1n) is 8.27. The molecule has 0 saturated carbocycles. The third kappa shape index (κ3) is 3.21. The summed E-state index contributed by atoms with van der Waals surface area (Å²) in [6, 6.07) is 1.93. The normalized spacial score (nSPS) is 18.3. The molecule has 3 heterocycles. The van der Waals surface area contributed by atoms with Crippen LogP contribution >= 0.6 is 0 Å². The van der Waals surface area contributed by atoms with Crippen LogP contribution in [0.4, 0.5) is 0 Å². The van der Waals surface area contributed by atoms with Crippen LogP contribution in [-0.2, 0) is 6.54 Å². The molecular formula is C17H24N4O3. The number of aromatic nitrogens is 3. The quantitative estimate of drug-likeness (QED) is 0.805. The van der Waals surface area contributed by atoms with E-state index in [1.54, 1.807) is 26.5 Å². The second-order valence-corrected chi connectivity index (χ2v) is 6.27. The fourth-order valence-corrected chi connectivity index (χ4v) is 3.07. The number of hydrogen-bond donors (Lipinski definition) is 0. The van der Waals surface area contributed by atoms with Gasteiger partial charge < -0.3 is 14.0 Å². The van der Waals surface area contributed by atoms with Crippen molar-refractivity contribution in [2.45, 2.75) is 45.2 Å². The minimum Gasteiger partial charge on any atom is -0.493 e. The molecule has 0 aliphatic carbocycles. The van der Waals surface area contributed by atoms with Crippen molar-refractivity contribution in [2.75, 3.05) is 20.8 Å². The molecule has 1 saturated heterocycles. The molecular weight excluding hydrogens is 308 g/mol. The molecule has 0 bridgehead atoms. The second-order valence-electron chi connectivity index (χ2n) is 6.27. The standard InChI is InChI=1S/C17H24N4O3/c1-11(2)16-19-17(24-20-16)13-6-5-9-21(13)10-12-15(23-4)14(22-3)7-8-18-12/h7-8,11,13H,5-6,9-10H2,1-4H3. The zero-order valence-electron chi connectivity index (χ0n) is 14.7. The van der Waals surface area contributed by atoms with Gasteiger partial charge in [-0.3, -0.25) is 9.88 Å². The zero-order valence-corrected chi connectivity index (χ0v) is 14.7. The van der Waals surface area contributed by atoms with Crippen LogP contribution in [0, 0.1) is 0 Å². The Morgan fingerprint density at radius 3 is 2.83 bits per heavy atom. The highest BCUT2D eigenvalue weighted by molar-refractivity contribution is 5.42. The first kappa shape index (κ1) is 16.7. The van der Waals surface area contributed by atoms with Crippen LogP contribution in [0.5, 0.6) is 11.5 Å². The molecule has 0 aromatic carbocycles. The maximum absolute atomic E-state index is 5.50. The smallest absolute Gasteiger partial charge is 0.244 e. The Morgan fingerprint density at radius 2 is 2.17 bits per heavy atom. The predicted molar refractivity (Wildman–Crippen MR) is 88.1 cm³/mol. The Morgan fingerprint density at radius 1 is 1.33 bits per heavy atom. The molecule has 0 amide bonds. The van der Waals surface area contributed by atoms with E-state index in [2.05, 4.69) is 33.9 Å². The largest absolute Gasteiger partial charge is 0.493 e. The van der Waals surface area contributed by atoms with Crippen molar-refractivity contribution in [2.24, 2.45) is 0 Å². The van der Waals surface area contributed by atoms with Gasteiger partial charge in [-0.25, -0.2) is 0 Å². The lowest BCUT2D eigenvalue weighted by Gasteiger charge is -2.22. The summed E-state index contributed by atoms with van der Waals surface area (Å²) in [5.41, 5.74) is 0.854. The number of hydrogen-bond acceptors (Lipinski definition) is 7. The van der Waals surface area contributed by atoms with Crippen LogP contribution in [0.15, 0.2) is 16.8 Å². The zero-order chi connectivity index (χ0) is 17.1. The van der Waals surface area contributed by atoms with Gasteiger partial charge in [-0.2, -0.15) is 4.98 Å². The van der Waals surface area contributed by atoms with E-state index in [1.807, 2.05) is 0 Å². The first-order valence-corrected chi connectivity index (χ1v) is 8.27. The van der Waals surface area contributed by atoms with Crippen LogP contribution < -0.4 is 9.47 Å². The molecule has 24 heavy (non-hydrogen) atoms. The molecule has 1 aliphatic heterocycles. The summed E-state index contributed by atoms with van der Waals surface area (Å²) in [6.07, 6.45) is 3.84. The lowest BCUT2D eigenvalue weighted by molar-refractivity contribution is 0.196. The summed E-state index contributed by atoms with van der Waals surface area (Å²) in [6.45, 7) is 5.74. The van der Waals surface area contributed by atoms with Gasteiger partial charge in [0.15, 0.2) is 17.3 Å². The van der Waals surface area contributed by atoms with E-state index >= 15 is 0 Å². The van der Waals surface area contributed by atoms with Crippen molar-refractivity contribution in [3.63, 3.8) is 0 Å². The minimum absolute atomic E-state index is 0.128. The van der Waals surface area contributed by atoms with Crippen LogP contribution in [0.3, 0.4) is 0 Å². The molecule has 7 nitrogen and oxygen atoms in total. The van der Waals surface area contributed by atoms with E-state index in [9.17, 15) is 0 Å². The van der Waals surface area contributed by atoms with E-state index in [0.717, 1.165) is 30.9 Å². The number of methoxy groups -OCH3 is 2. The van der Waals surface area contributed by atoms with Gasteiger partial charge in [0.1, 0.15) is 5.69 Å². The Kier molecular flexibility index (Phi) is 4.99. The van der Waals surface area contributed by atoms with Crippen LogP contribution in [0.2, 0.25) is 0 Å². The maximum atomic E-state index is 5.50. The lowest BCUT2D eigenvalue weighted by Crippen LogP contribution is -2.24. The van der Waals surface area contributed by atoms with Gasteiger partial charge in [0, 0.05) is 24.7 Å². The molecule has 0 radical (unpaired) electrons. The highest BCUT2D eigenvalue weighted by atomic mass is 16.5. The van der Waals surface area contributed by atoms with Gasteiger partial charge in [0.05, 0.1) is 20.3 Å². The number of pyridine rings is 1. The predicted octanol–water partition coefficient (Wildman–Crippen LogP) is 2.94. The van der Waals surface area contributed by atoms with Gasteiger partial charge in [-0.1, -0.05) is 19.0 Å². The van der Waals surface area contributed by atoms with Gasteiger partial charge >= 0.3 is 0 Å². The molecule has 3 rings (SSSR count). The van der Waals surface area contributed by atoms with E-state index in [0.29, 0.717) is 23.9 Å². The van der Waals surface area contributed by atoms with Gasteiger partial charge in [0.2, 0.25) is 5.89 Å². The Balaban J connectivity index is 1.81. The van der Waals surface area contributed by atoms with Crippen molar-refractivity contribution in [1.29, 1.82) is 0 Å². The summed E-state index contributed by atoms with van der Waals surface area (Å²) >= 11 is 0. The molecule has 1 fully saturated rings. The molecule has 7 heteroatoms. The first-order chi connectivity index (χ1) is 11.6. The molecule has 1 unspecified atom stereocenters. The van der Waals surface area contributed by atoms with Gasteiger partial charge in [0.25, 0.3) is 0 Å². The minimum atomic E-state index is 0.128. The van der Waals surface area contributed by atoms with Crippen molar-refractivity contribution < 1.29 is 14.0 Å². The van der Waals surface area contributed by atoms with E-state index < -0.39 is 0 Å². The summed E-state index contributed by atoms with van der Waals surface area (Å²) in [4.78, 5) is 11.3. The van der Waals surface area contributed by atoms with Crippen molar-refractivity contribution >= 4 is 0 Å². The number of nitrogens with zero attached hydrogens (tertiary/aromatic N) is 4. The lowest BCUT2D eigenvalue weighted by atomic mass is 10.2. The third-order valence-corrected chi connectivity index (χ3v) is 4.34. The topological polar surface area (TPSA) is 73.5 Å². The van der Waals surface area contributed by atoms with Gasteiger partial charge in [-0.15, -0.1) is 0 Å². The third-order valence-electron chi connectivity index (χ3n) is 4.34. The maximum Gasteiger partial charge on any atom is 0.244 e. The SMILES string of the molecule is COc1ccnc(CN2CCCC2c2nc(C(C)C)no2)c1OC. The molecule has 130 valence electrons. The highest BCUT2D eigenvalue weighted by Crippen LogP contribution is 2.36. The summed E-state index contributed by atoms with van der Waals surface area (Å²) in [5, 5.41) is 4.09. The summed E-state index contributed by atoms with van der Waals surface area (Å²) in [7, 11) is 3.27. The monoisotopic (exact) mass is 332 g/mol. The average molecular weight is 332 g/mol. The van der Waals surface area contributed by atoms with Crippen LogP contribution in [0.1, 0.15) is 56.1 Å². The second kappa shape index (κ2) is 7.17. The summed E-state index contributed by atoms with van der Waals surface area (Å²) < 4.78 is 16.3. The molecule has 1 aliphatic rings. The van der Waals surface area contributed by atoms with E-state index in [-0.39, 0.29) is 12.0 Å². The van der Waals surface area contributed by atoms with Crippen molar-refractivity contribution in [3.05, 3.63) is 29.7 Å². The van der Waals surface area contributed by atoms with Crippen LogP contribution in [-0.4, -0.2) is 40.8 Å². The molecule has 0 spiro atoms. The molecule has 2 aromatic rings. The average Bonchev–Trinajstić information content (AvgIpc) is 3.23. The Bertz CT molecular complexity index is 686. The van der Waals surface area contributed by atoms with Crippen molar-refractivity contribution in [1.82, 2.24) is 20.0 Å². The number of rotatable bonds is 6. The van der Waals surface area contributed by atoms with Crippen molar-refractivity contribution in [3.8, 4) is 11.5 Å².